The Hall–Kier alpha value is -2.15. The van der Waals surface area contributed by atoms with E-state index in [9.17, 15) is 4.79 Å². The van der Waals surface area contributed by atoms with E-state index in [0.717, 1.165) is 81.5 Å². The van der Waals surface area contributed by atoms with Crippen molar-refractivity contribution in [1.29, 1.82) is 0 Å². The monoisotopic (exact) mass is 399 g/mol. The van der Waals surface area contributed by atoms with Gasteiger partial charge in [0.25, 0.3) is 0 Å². The molecule has 4 rings (SSSR count). The first kappa shape index (κ1) is 20.1. The van der Waals surface area contributed by atoms with Crippen LogP contribution >= 0.6 is 0 Å². The predicted octanol–water partition coefficient (Wildman–Crippen LogP) is 2.73. The molecule has 0 spiro atoms. The highest BCUT2D eigenvalue weighted by Crippen LogP contribution is 2.23. The van der Waals surface area contributed by atoms with Gasteiger partial charge in [0.2, 0.25) is 5.91 Å². The van der Waals surface area contributed by atoms with Crippen molar-refractivity contribution in [2.24, 2.45) is 5.92 Å². The number of fused-ring (bicyclic) bond motifs is 1. The van der Waals surface area contributed by atoms with Crippen LogP contribution in [0.5, 0.6) is 0 Å². The van der Waals surface area contributed by atoms with Gasteiger partial charge in [0.1, 0.15) is 23.2 Å². The highest BCUT2D eigenvalue weighted by Gasteiger charge is 2.22. The molecule has 7 heteroatoms. The Morgan fingerprint density at radius 1 is 1.14 bits per heavy atom. The molecule has 2 aromatic heterocycles. The fraction of sp³-hybridized carbons (Fsp3) is 0.682. The van der Waals surface area contributed by atoms with Crippen LogP contribution in [0.25, 0.3) is 0 Å². The third-order valence-corrected chi connectivity index (χ3v) is 6.26. The molecule has 1 amide bonds. The zero-order chi connectivity index (χ0) is 20.1. The van der Waals surface area contributed by atoms with Crippen molar-refractivity contribution in [3.8, 4) is 0 Å². The molecule has 1 saturated carbocycles. The van der Waals surface area contributed by atoms with Crippen molar-refractivity contribution in [1.82, 2.24) is 25.0 Å². The van der Waals surface area contributed by atoms with Crippen molar-refractivity contribution in [3.63, 3.8) is 0 Å². The molecule has 0 atom stereocenters. The lowest BCUT2D eigenvalue weighted by molar-refractivity contribution is -0.125. The van der Waals surface area contributed by atoms with Crippen LogP contribution in [-0.2, 0) is 37.1 Å². The van der Waals surface area contributed by atoms with E-state index in [4.69, 9.17) is 4.42 Å². The fourth-order valence-electron chi connectivity index (χ4n) is 4.49. The quantitative estimate of drug-likeness (QED) is 0.775. The molecule has 0 unspecified atom stereocenters. The summed E-state index contributed by atoms with van der Waals surface area (Å²) in [5.41, 5.74) is 0. The summed E-state index contributed by atoms with van der Waals surface area (Å²) in [7, 11) is 0. The van der Waals surface area contributed by atoms with Gasteiger partial charge in [-0.2, -0.15) is 0 Å². The molecule has 1 fully saturated rings. The first-order valence-corrected chi connectivity index (χ1v) is 11.2. The molecule has 0 aromatic carbocycles. The smallest absolute Gasteiger partial charge is 0.223 e. The summed E-state index contributed by atoms with van der Waals surface area (Å²) in [6, 6.07) is 4.16. The minimum Gasteiger partial charge on any atom is -0.465 e. The second kappa shape index (κ2) is 9.57. The fourth-order valence-corrected chi connectivity index (χ4v) is 4.49. The van der Waals surface area contributed by atoms with E-state index in [2.05, 4.69) is 44.0 Å². The molecule has 1 aliphatic carbocycles. The predicted molar refractivity (Wildman–Crippen MR) is 110 cm³/mol. The van der Waals surface area contributed by atoms with E-state index in [-0.39, 0.29) is 11.8 Å². The molecule has 1 N–H and O–H groups in total. The average molecular weight is 400 g/mol. The van der Waals surface area contributed by atoms with Gasteiger partial charge < -0.3 is 14.3 Å². The second-order valence-corrected chi connectivity index (χ2v) is 8.31. The maximum atomic E-state index is 12.3. The van der Waals surface area contributed by atoms with Gasteiger partial charge in [0.05, 0.1) is 6.54 Å². The van der Waals surface area contributed by atoms with Crippen molar-refractivity contribution < 1.29 is 9.21 Å². The summed E-state index contributed by atoms with van der Waals surface area (Å²) in [6.07, 6.45) is 8.28. The van der Waals surface area contributed by atoms with Gasteiger partial charge in [-0.1, -0.05) is 26.2 Å². The maximum absolute atomic E-state index is 12.3. The minimum atomic E-state index is 0.211. The number of aromatic nitrogens is 3. The standard InChI is InChI=1S/C22H33N5O2/c1-2-18-8-9-19(29-18)16-26-13-11-21-25-24-20(27(21)15-14-26)10-12-23-22(28)17-6-4-3-5-7-17/h8-9,17H,2-7,10-16H2,1H3,(H,23,28). The van der Waals surface area contributed by atoms with Gasteiger partial charge in [-0.25, -0.2) is 0 Å². The summed E-state index contributed by atoms with van der Waals surface area (Å²) >= 11 is 0. The zero-order valence-corrected chi connectivity index (χ0v) is 17.5. The first-order valence-electron chi connectivity index (χ1n) is 11.2. The van der Waals surface area contributed by atoms with E-state index >= 15 is 0 Å². The number of aryl methyl sites for hydroxylation is 1. The summed E-state index contributed by atoms with van der Waals surface area (Å²) in [4.78, 5) is 14.8. The Morgan fingerprint density at radius 3 is 2.76 bits per heavy atom. The summed E-state index contributed by atoms with van der Waals surface area (Å²) in [5, 5.41) is 11.9. The lowest BCUT2D eigenvalue weighted by Crippen LogP contribution is -2.33. The summed E-state index contributed by atoms with van der Waals surface area (Å²) in [6.45, 7) is 6.39. The van der Waals surface area contributed by atoms with Crippen LogP contribution in [0, 0.1) is 5.92 Å². The Bertz CT molecular complexity index is 806. The second-order valence-electron chi connectivity index (χ2n) is 8.31. The number of rotatable bonds is 7. The molecule has 0 bridgehead atoms. The van der Waals surface area contributed by atoms with Crippen LogP contribution < -0.4 is 5.32 Å². The zero-order valence-electron chi connectivity index (χ0n) is 17.5. The summed E-state index contributed by atoms with van der Waals surface area (Å²) in [5.74, 6) is 4.54. The number of hydrogen-bond acceptors (Lipinski definition) is 5. The number of amides is 1. The minimum absolute atomic E-state index is 0.211. The van der Waals surface area contributed by atoms with Crippen LogP contribution in [0.2, 0.25) is 0 Å². The number of nitrogens with one attached hydrogen (secondary N) is 1. The van der Waals surface area contributed by atoms with Crippen molar-refractivity contribution in [2.45, 2.75) is 71.4 Å². The third kappa shape index (κ3) is 5.07. The molecule has 0 saturated heterocycles. The van der Waals surface area contributed by atoms with Crippen molar-refractivity contribution in [2.75, 3.05) is 19.6 Å². The molecule has 2 aromatic rings. The lowest BCUT2D eigenvalue weighted by atomic mass is 9.89. The Kier molecular flexibility index (Phi) is 6.64. The van der Waals surface area contributed by atoms with Gasteiger partial charge in [-0.15, -0.1) is 10.2 Å². The van der Waals surface area contributed by atoms with Crippen LogP contribution in [0.15, 0.2) is 16.5 Å². The van der Waals surface area contributed by atoms with Crippen LogP contribution in [0.3, 0.4) is 0 Å². The maximum Gasteiger partial charge on any atom is 0.223 e. The van der Waals surface area contributed by atoms with Crippen LogP contribution in [0.1, 0.15) is 62.2 Å². The van der Waals surface area contributed by atoms with Gasteiger partial charge in [-0.05, 0) is 25.0 Å². The normalized spacial score (nSPS) is 18.4. The Labute approximate surface area is 172 Å². The van der Waals surface area contributed by atoms with Gasteiger partial charge in [0.15, 0.2) is 0 Å². The third-order valence-electron chi connectivity index (χ3n) is 6.26. The SMILES string of the molecule is CCc1ccc(CN2CCc3nnc(CCNC(=O)C4CCCCC4)n3CC2)o1. The average Bonchev–Trinajstić information content (AvgIpc) is 3.31. The van der Waals surface area contributed by atoms with Crippen molar-refractivity contribution in [3.05, 3.63) is 35.3 Å². The Morgan fingerprint density at radius 2 is 1.97 bits per heavy atom. The molecule has 3 heterocycles. The number of hydrogen-bond donors (Lipinski definition) is 1. The molecule has 29 heavy (non-hydrogen) atoms. The van der Waals surface area contributed by atoms with E-state index < -0.39 is 0 Å². The lowest BCUT2D eigenvalue weighted by Gasteiger charge is -2.20. The number of nitrogens with zero attached hydrogens (tertiary/aromatic N) is 4. The molecule has 1 aliphatic heterocycles. The number of carbonyl (C=O) groups is 1. The molecular weight excluding hydrogens is 366 g/mol. The topological polar surface area (TPSA) is 76.2 Å². The van der Waals surface area contributed by atoms with E-state index in [1.54, 1.807) is 0 Å². The highest BCUT2D eigenvalue weighted by atomic mass is 16.3. The van der Waals surface area contributed by atoms with E-state index in [1.165, 1.54) is 19.3 Å². The number of furan rings is 1. The van der Waals surface area contributed by atoms with Crippen LogP contribution in [0.4, 0.5) is 0 Å². The van der Waals surface area contributed by atoms with Gasteiger partial charge >= 0.3 is 0 Å². The van der Waals surface area contributed by atoms with Gasteiger partial charge in [-0.3, -0.25) is 9.69 Å². The first-order chi connectivity index (χ1) is 14.2. The van der Waals surface area contributed by atoms with E-state index in [1.807, 2.05) is 0 Å². The largest absolute Gasteiger partial charge is 0.465 e. The number of carbonyl (C=O) groups excluding carboxylic acids is 1. The van der Waals surface area contributed by atoms with Crippen LogP contribution in [-0.4, -0.2) is 45.2 Å². The molecular formula is C22H33N5O2. The molecule has 2 aliphatic rings. The van der Waals surface area contributed by atoms with Gasteiger partial charge in [0, 0.05) is 51.4 Å². The molecule has 0 radical (unpaired) electrons. The molecule has 158 valence electrons. The molecule has 7 nitrogen and oxygen atoms in total. The highest BCUT2D eigenvalue weighted by molar-refractivity contribution is 5.78. The summed E-state index contributed by atoms with van der Waals surface area (Å²) < 4.78 is 8.11. The van der Waals surface area contributed by atoms with E-state index in [0.29, 0.717) is 6.54 Å². The van der Waals surface area contributed by atoms with Crippen molar-refractivity contribution >= 4 is 5.91 Å². The Balaban J connectivity index is 1.27.